The standard InChI is InChI=1S/C15H29N5O.HI/c1-18(2)14(21)13-6-4-10-20(13)11-5-9-17-15(16)19(3)12-7-8-12;/h12-13H,4-11H2,1-3H3,(H2,16,17);1H. The lowest BCUT2D eigenvalue weighted by Crippen LogP contribution is -2.43. The third kappa shape index (κ3) is 5.26. The van der Waals surface area contributed by atoms with E-state index < -0.39 is 0 Å². The number of rotatable bonds is 6. The van der Waals surface area contributed by atoms with E-state index in [9.17, 15) is 4.79 Å². The number of nitrogens with zero attached hydrogens (tertiary/aromatic N) is 4. The summed E-state index contributed by atoms with van der Waals surface area (Å²) in [4.78, 5) is 22.6. The number of halogens is 1. The first-order valence-corrected chi connectivity index (χ1v) is 7.98. The van der Waals surface area contributed by atoms with Crippen LogP contribution >= 0.6 is 24.0 Å². The Hall–Kier alpha value is -0.570. The molecule has 22 heavy (non-hydrogen) atoms. The molecule has 1 unspecified atom stereocenters. The minimum atomic E-state index is 0. The molecule has 0 aromatic carbocycles. The summed E-state index contributed by atoms with van der Waals surface area (Å²) in [6.45, 7) is 2.68. The number of amides is 1. The highest BCUT2D eigenvalue weighted by Gasteiger charge is 2.31. The van der Waals surface area contributed by atoms with Crippen LogP contribution < -0.4 is 5.73 Å². The second-order valence-corrected chi connectivity index (χ2v) is 6.36. The van der Waals surface area contributed by atoms with Gasteiger partial charge in [0.25, 0.3) is 0 Å². The first-order chi connectivity index (χ1) is 10.0. The molecule has 0 radical (unpaired) electrons. The predicted octanol–water partition coefficient (Wildman–Crippen LogP) is 0.956. The third-order valence-electron chi connectivity index (χ3n) is 4.42. The second kappa shape index (κ2) is 8.90. The summed E-state index contributed by atoms with van der Waals surface area (Å²) in [6.07, 6.45) is 5.51. The summed E-state index contributed by atoms with van der Waals surface area (Å²) < 4.78 is 0. The van der Waals surface area contributed by atoms with Gasteiger partial charge in [0, 0.05) is 40.3 Å². The maximum atomic E-state index is 12.1. The molecule has 0 bridgehead atoms. The van der Waals surface area contributed by atoms with Crippen LogP contribution in [-0.2, 0) is 4.79 Å². The Kier molecular flexibility index (Phi) is 7.88. The largest absolute Gasteiger partial charge is 0.370 e. The van der Waals surface area contributed by atoms with E-state index in [1.807, 2.05) is 21.1 Å². The molecule has 0 aromatic heterocycles. The summed E-state index contributed by atoms with van der Waals surface area (Å²) >= 11 is 0. The van der Waals surface area contributed by atoms with Gasteiger partial charge in [0.15, 0.2) is 5.96 Å². The smallest absolute Gasteiger partial charge is 0.239 e. The molecule has 1 atom stereocenters. The molecular weight excluding hydrogens is 393 g/mol. The number of nitrogens with two attached hydrogens (primary N) is 1. The quantitative estimate of drug-likeness (QED) is 0.299. The normalized spacial score (nSPS) is 22.3. The van der Waals surface area contributed by atoms with Crippen molar-refractivity contribution in [3.8, 4) is 0 Å². The Morgan fingerprint density at radius 3 is 2.55 bits per heavy atom. The first-order valence-electron chi connectivity index (χ1n) is 7.98. The van der Waals surface area contributed by atoms with Crippen molar-refractivity contribution >= 4 is 35.8 Å². The number of carbonyl (C=O) groups excluding carboxylic acids is 1. The first kappa shape index (κ1) is 19.5. The predicted molar refractivity (Wildman–Crippen MR) is 101 cm³/mol. The number of carbonyl (C=O) groups is 1. The van der Waals surface area contributed by atoms with Gasteiger partial charge in [-0.25, -0.2) is 0 Å². The van der Waals surface area contributed by atoms with E-state index in [1.165, 1.54) is 12.8 Å². The molecule has 1 heterocycles. The van der Waals surface area contributed by atoms with Crippen LogP contribution in [0.3, 0.4) is 0 Å². The average molecular weight is 423 g/mol. The van der Waals surface area contributed by atoms with E-state index in [0.29, 0.717) is 12.0 Å². The third-order valence-corrected chi connectivity index (χ3v) is 4.42. The van der Waals surface area contributed by atoms with Crippen molar-refractivity contribution in [3.05, 3.63) is 0 Å². The van der Waals surface area contributed by atoms with E-state index in [-0.39, 0.29) is 35.9 Å². The molecule has 7 heteroatoms. The van der Waals surface area contributed by atoms with E-state index >= 15 is 0 Å². The lowest BCUT2D eigenvalue weighted by molar-refractivity contribution is -0.133. The monoisotopic (exact) mass is 423 g/mol. The Morgan fingerprint density at radius 2 is 1.95 bits per heavy atom. The zero-order valence-corrected chi connectivity index (χ0v) is 16.3. The Balaban J connectivity index is 0.00000242. The van der Waals surface area contributed by atoms with Crippen LogP contribution in [0, 0.1) is 0 Å². The van der Waals surface area contributed by atoms with E-state index in [4.69, 9.17) is 5.73 Å². The molecule has 1 saturated carbocycles. The van der Waals surface area contributed by atoms with Gasteiger partial charge in [0.2, 0.25) is 5.91 Å². The molecule has 2 fully saturated rings. The van der Waals surface area contributed by atoms with Crippen molar-refractivity contribution in [2.75, 3.05) is 40.8 Å². The number of likely N-dealkylation sites (tertiary alicyclic amines) is 1. The number of aliphatic imine (C=N–C) groups is 1. The Morgan fingerprint density at radius 1 is 1.27 bits per heavy atom. The Bertz CT molecular complexity index is 397. The van der Waals surface area contributed by atoms with Crippen LogP contribution in [0.5, 0.6) is 0 Å². The van der Waals surface area contributed by atoms with Crippen molar-refractivity contribution < 1.29 is 4.79 Å². The van der Waals surface area contributed by atoms with Crippen LogP contribution in [-0.4, -0.2) is 79.4 Å². The van der Waals surface area contributed by atoms with Crippen LogP contribution in [0.25, 0.3) is 0 Å². The van der Waals surface area contributed by atoms with Gasteiger partial charge in [0.1, 0.15) is 0 Å². The minimum absolute atomic E-state index is 0. The molecule has 1 aliphatic heterocycles. The van der Waals surface area contributed by atoms with E-state index in [1.54, 1.807) is 4.90 Å². The molecule has 1 amide bonds. The molecule has 128 valence electrons. The van der Waals surface area contributed by atoms with Crippen molar-refractivity contribution in [2.45, 2.75) is 44.2 Å². The maximum absolute atomic E-state index is 12.1. The molecule has 1 aliphatic carbocycles. The SMILES string of the molecule is CN(C)C(=O)C1CCCN1CCCN=C(N)N(C)C1CC1.I. The molecule has 1 saturated heterocycles. The Labute approximate surface area is 151 Å². The fraction of sp³-hybridized carbons (Fsp3) is 0.867. The van der Waals surface area contributed by atoms with Gasteiger partial charge in [-0.05, 0) is 38.6 Å². The topological polar surface area (TPSA) is 65.2 Å². The number of hydrogen-bond acceptors (Lipinski definition) is 3. The number of likely N-dealkylation sites (N-methyl/N-ethyl adjacent to an activating group) is 1. The molecule has 0 spiro atoms. The highest BCUT2D eigenvalue weighted by atomic mass is 127. The number of hydrogen-bond donors (Lipinski definition) is 1. The van der Waals surface area contributed by atoms with Crippen molar-refractivity contribution in [3.63, 3.8) is 0 Å². The summed E-state index contributed by atoms with van der Waals surface area (Å²) in [5, 5.41) is 0. The second-order valence-electron chi connectivity index (χ2n) is 6.36. The van der Waals surface area contributed by atoms with Gasteiger partial charge >= 0.3 is 0 Å². The molecular formula is C15H30IN5O. The molecule has 6 nitrogen and oxygen atoms in total. The van der Waals surface area contributed by atoms with Crippen molar-refractivity contribution in [1.82, 2.24) is 14.7 Å². The zero-order valence-electron chi connectivity index (χ0n) is 14.0. The van der Waals surface area contributed by atoms with E-state index in [0.717, 1.165) is 38.9 Å². The van der Waals surface area contributed by atoms with Crippen LogP contribution in [0.1, 0.15) is 32.1 Å². The highest BCUT2D eigenvalue weighted by molar-refractivity contribution is 14.0. The minimum Gasteiger partial charge on any atom is -0.370 e. The van der Waals surface area contributed by atoms with Crippen molar-refractivity contribution in [1.29, 1.82) is 0 Å². The van der Waals surface area contributed by atoms with Gasteiger partial charge in [0.05, 0.1) is 6.04 Å². The van der Waals surface area contributed by atoms with Gasteiger partial charge < -0.3 is 15.5 Å². The summed E-state index contributed by atoms with van der Waals surface area (Å²) in [5.41, 5.74) is 5.97. The fourth-order valence-corrected chi connectivity index (χ4v) is 2.90. The average Bonchev–Trinajstić information content (AvgIpc) is 3.20. The van der Waals surface area contributed by atoms with Gasteiger partial charge in [-0.2, -0.15) is 0 Å². The summed E-state index contributed by atoms with van der Waals surface area (Å²) in [5.74, 6) is 0.879. The summed E-state index contributed by atoms with van der Waals surface area (Å²) in [7, 11) is 5.68. The van der Waals surface area contributed by atoms with E-state index in [2.05, 4.69) is 14.8 Å². The fourth-order valence-electron chi connectivity index (χ4n) is 2.90. The number of guanidine groups is 1. The highest BCUT2D eigenvalue weighted by Crippen LogP contribution is 2.24. The van der Waals surface area contributed by atoms with Gasteiger partial charge in [-0.15, -0.1) is 24.0 Å². The molecule has 2 N–H and O–H groups in total. The van der Waals surface area contributed by atoms with Crippen LogP contribution in [0.4, 0.5) is 0 Å². The van der Waals surface area contributed by atoms with Crippen molar-refractivity contribution in [2.24, 2.45) is 10.7 Å². The van der Waals surface area contributed by atoms with Gasteiger partial charge in [-0.3, -0.25) is 14.7 Å². The van der Waals surface area contributed by atoms with Crippen LogP contribution in [0.15, 0.2) is 4.99 Å². The molecule has 2 rings (SSSR count). The molecule has 2 aliphatic rings. The zero-order chi connectivity index (χ0) is 15.4. The maximum Gasteiger partial charge on any atom is 0.239 e. The molecule has 0 aromatic rings. The van der Waals surface area contributed by atoms with Gasteiger partial charge in [-0.1, -0.05) is 0 Å². The lowest BCUT2D eigenvalue weighted by atomic mass is 10.2. The van der Waals surface area contributed by atoms with Crippen LogP contribution in [0.2, 0.25) is 0 Å². The summed E-state index contributed by atoms with van der Waals surface area (Å²) in [6, 6.07) is 0.671. The lowest BCUT2D eigenvalue weighted by Gasteiger charge is -2.25.